The van der Waals surface area contributed by atoms with E-state index in [4.69, 9.17) is 11.5 Å². The summed E-state index contributed by atoms with van der Waals surface area (Å²) >= 11 is 3.31. The number of carbonyl (C=O) groups excluding carboxylic acids is 1. The van der Waals surface area contributed by atoms with E-state index in [0.29, 0.717) is 11.4 Å². The SMILES string of the molecule is NC(=O)c1ccn(-c2ccc(Br)cc2N)n1. The fourth-order valence-electron chi connectivity index (χ4n) is 1.32. The van der Waals surface area contributed by atoms with Gasteiger partial charge in [-0.25, -0.2) is 4.68 Å². The van der Waals surface area contributed by atoms with E-state index in [0.717, 1.165) is 4.47 Å². The van der Waals surface area contributed by atoms with E-state index in [-0.39, 0.29) is 5.69 Å². The van der Waals surface area contributed by atoms with Gasteiger partial charge in [-0.15, -0.1) is 0 Å². The molecular formula is C10H9BrN4O. The third-order valence-corrected chi connectivity index (χ3v) is 2.57. The molecule has 4 N–H and O–H groups in total. The Morgan fingerprint density at radius 1 is 1.38 bits per heavy atom. The Kier molecular flexibility index (Phi) is 2.66. The van der Waals surface area contributed by atoms with Crippen LogP contribution in [0.5, 0.6) is 0 Å². The van der Waals surface area contributed by atoms with Crippen molar-refractivity contribution in [1.29, 1.82) is 0 Å². The maximum atomic E-state index is 10.9. The molecule has 82 valence electrons. The number of nitrogens with two attached hydrogens (primary N) is 2. The van der Waals surface area contributed by atoms with Crippen molar-refractivity contribution in [3.05, 3.63) is 40.6 Å². The number of anilines is 1. The Morgan fingerprint density at radius 3 is 2.69 bits per heavy atom. The predicted octanol–water partition coefficient (Wildman–Crippen LogP) is 1.32. The largest absolute Gasteiger partial charge is 0.397 e. The monoisotopic (exact) mass is 280 g/mol. The lowest BCUT2D eigenvalue weighted by Gasteiger charge is -2.05. The van der Waals surface area contributed by atoms with Crippen molar-refractivity contribution in [2.75, 3.05) is 5.73 Å². The molecular weight excluding hydrogens is 272 g/mol. The lowest BCUT2D eigenvalue weighted by Crippen LogP contribution is -2.12. The fourth-order valence-corrected chi connectivity index (χ4v) is 1.70. The molecule has 0 unspecified atom stereocenters. The van der Waals surface area contributed by atoms with Gasteiger partial charge < -0.3 is 11.5 Å². The van der Waals surface area contributed by atoms with Crippen molar-refractivity contribution in [1.82, 2.24) is 9.78 Å². The first kappa shape index (κ1) is 10.7. The van der Waals surface area contributed by atoms with Crippen molar-refractivity contribution in [3.8, 4) is 5.69 Å². The molecule has 0 atom stereocenters. The van der Waals surface area contributed by atoms with Crippen LogP contribution in [-0.2, 0) is 0 Å². The maximum Gasteiger partial charge on any atom is 0.269 e. The third-order valence-electron chi connectivity index (χ3n) is 2.08. The maximum absolute atomic E-state index is 10.9. The van der Waals surface area contributed by atoms with Gasteiger partial charge in [-0.05, 0) is 24.3 Å². The van der Waals surface area contributed by atoms with Crippen LogP contribution in [0, 0.1) is 0 Å². The molecule has 0 aliphatic heterocycles. The Morgan fingerprint density at radius 2 is 2.12 bits per heavy atom. The Bertz CT molecular complexity index is 550. The third kappa shape index (κ3) is 1.92. The first-order valence-electron chi connectivity index (χ1n) is 4.49. The number of nitrogens with zero attached hydrogens (tertiary/aromatic N) is 2. The number of benzene rings is 1. The zero-order chi connectivity index (χ0) is 11.7. The number of hydrogen-bond acceptors (Lipinski definition) is 3. The molecule has 0 saturated heterocycles. The molecule has 0 spiro atoms. The van der Waals surface area contributed by atoms with Gasteiger partial charge in [-0.2, -0.15) is 5.10 Å². The fraction of sp³-hybridized carbons (Fsp3) is 0. The minimum Gasteiger partial charge on any atom is -0.397 e. The minimum atomic E-state index is -0.561. The highest BCUT2D eigenvalue weighted by Gasteiger charge is 2.07. The molecule has 0 aliphatic carbocycles. The van der Waals surface area contributed by atoms with Crippen molar-refractivity contribution >= 4 is 27.5 Å². The lowest BCUT2D eigenvalue weighted by molar-refractivity contribution is 0.0995. The van der Waals surface area contributed by atoms with E-state index in [1.807, 2.05) is 6.07 Å². The van der Waals surface area contributed by atoms with Crippen molar-refractivity contribution < 1.29 is 4.79 Å². The summed E-state index contributed by atoms with van der Waals surface area (Å²) in [5.41, 5.74) is 12.4. The van der Waals surface area contributed by atoms with Crippen LogP contribution in [0.3, 0.4) is 0 Å². The number of carbonyl (C=O) groups is 1. The second kappa shape index (κ2) is 3.97. The molecule has 1 aromatic heterocycles. The van der Waals surface area contributed by atoms with Gasteiger partial charge in [0.2, 0.25) is 0 Å². The van der Waals surface area contributed by atoms with Crippen LogP contribution < -0.4 is 11.5 Å². The highest BCUT2D eigenvalue weighted by atomic mass is 79.9. The smallest absolute Gasteiger partial charge is 0.269 e. The number of halogens is 1. The van der Waals surface area contributed by atoms with Gasteiger partial charge in [0.15, 0.2) is 0 Å². The molecule has 0 bridgehead atoms. The number of rotatable bonds is 2. The van der Waals surface area contributed by atoms with E-state index in [1.165, 1.54) is 4.68 Å². The molecule has 1 heterocycles. The Hall–Kier alpha value is -1.82. The molecule has 16 heavy (non-hydrogen) atoms. The number of aromatic nitrogens is 2. The normalized spacial score (nSPS) is 10.3. The number of amides is 1. The van der Waals surface area contributed by atoms with E-state index in [9.17, 15) is 4.79 Å². The second-order valence-corrected chi connectivity index (χ2v) is 4.13. The van der Waals surface area contributed by atoms with Crippen LogP contribution in [0.15, 0.2) is 34.9 Å². The summed E-state index contributed by atoms with van der Waals surface area (Å²) in [6, 6.07) is 6.96. The van der Waals surface area contributed by atoms with Crippen molar-refractivity contribution in [3.63, 3.8) is 0 Å². The molecule has 5 nitrogen and oxygen atoms in total. The average Bonchev–Trinajstić information content (AvgIpc) is 2.66. The Labute approximate surface area is 100 Å². The summed E-state index contributed by atoms with van der Waals surface area (Å²) < 4.78 is 2.40. The molecule has 0 saturated carbocycles. The van der Waals surface area contributed by atoms with Crippen LogP contribution in [0.25, 0.3) is 5.69 Å². The molecule has 1 aromatic carbocycles. The van der Waals surface area contributed by atoms with E-state index in [1.54, 1.807) is 24.4 Å². The second-order valence-electron chi connectivity index (χ2n) is 3.21. The van der Waals surface area contributed by atoms with Gasteiger partial charge in [-0.1, -0.05) is 15.9 Å². The van der Waals surface area contributed by atoms with Gasteiger partial charge >= 0.3 is 0 Å². The van der Waals surface area contributed by atoms with E-state index in [2.05, 4.69) is 21.0 Å². The van der Waals surface area contributed by atoms with E-state index >= 15 is 0 Å². The van der Waals surface area contributed by atoms with Crippen LogP contribution in [0.2, 0.25) is 0 Å². The summed E-state index contributed by atoms with van der Waals surface area (Å²) in [4.78, 5) is 10.9. The van der Waals surface area contributed by atoms with Gasteiger partial charge in [0, 0.05) is 10.7 Å². The summed E-state index contributed by atoms with van der Waals surface area (Å²) in [5, 5.41) is 4.02. The molecule has 0 fully saturated rings. The van der Waals surface area contributed by atoms with Crippen molar-refractivity contribution in [2.45, 2.75) is 0 Å². The first-order chi connectivity index (χ1) is 7.58. The molecule has 0 radical (unpaired) electrons. The molecule has 2 aromatic rings. The van der Waals surface area contributed by atoms with E-state index < -0.39 is 5.91 Å². The van der Waals surface area contributed by atoms with Gasteiger partial charge in [0.1, 0.15) is 5.69 Å². The Balaban J connectivity index is 2.46. The molecule has 0 aliphatic rings. The zero-order valence-electron chi connectivity index (χ0n) is 8.22. The quantitative estimate of drug-likeness (QED) is 0.814. The summed E-state index contributed by atoms with van der Waals surface area (Å²) in [6.07, 6.45) is 1.64. The number of primary amides is 1. The average molecular weight is 281 g/mol. The minimum absolute atomic E-state index is 0.210. The van der Waals surface area contributed by atoms with Crippen LogP contribution in [0.4, 0.5) is 5.69 Å². The lowest BCUT2D eigenvalue weighted by atomic mass is 10.3. The van der Waals surface area contributed by atoms with Gasteiger partial charge in [-0.3, -0.25) is 4.79 Å². The topological polar surface area (TPSA) is 86.9 Å². The standard InChI is InChI=1S/C10H9BrN4O/c11-6-1-2-9(7(12)5-6)15-4-3-8(14-15)10(13)16/h1-5H,12H2,(H2,13,16). The summed E-state index contributed by atoms with van der Waals surface area (Å²) in [6.45, 7) is 0. The number of nitrogen functional groups attached to an aromatic ring is 1. The zero-order valence-corrected chi connectivity index (χ0v) is 9.81. The molecule has 2 rings (SSSR count). The van der Waals surface area contributed by atoms with Crippen LogP contribution in [-0.4, -0.2) is 15.7 Å². The summed E-state index contributed by atoms with van der Waals surface area (Å²) in [5.74, 6) is -0.561. The highest BCUT2D eigenvalue weighted by Crippen LogP contribution is 2.21. The molecule has 6 heteroatoms. The predicted molar refractivity (Wildman–Crippen MR) is 64.2 cm³/mol. The first-order valence-corrected chi connectivity index (χ1v) is 5.28. The number of hydrogen-bond donors (Lipinski definition) is 2. The van der Waals surface area contributed by atoms with Crippen LogP contribution >= 0.6 is 15.9 Å². The molecule has 1 amide bonds. The van der Waals surface area contributed by atoms with Crippen molar-refractivity contribution in [2.24, 2.45) is 5.73 Å². The summed E-state index contributed by atoms with van der Waals surface area (Å²) in [7, 11) is 0. The van der Waals surface area contributed by atoms with Crippen LogP contribution in [0.1, 0.15) is 10.5 Å². The van der Waals surface area contributed by atoms with Gasteiger partial charge in [0.05, 0.1) is 11.4 Å². The van der Waals surface area contributed by atoms with Gasteiger partial charge in [0.25, 0.3) is 5.91 Å². The highest BCUT2D eigenvalue weighted by molar-refractivity contribution is 9.10.